The van der Waals surface area contributed by atoms with Crippen molar-refractivity contribution in [3.63, 3.8) is 0 Å². The minimum absolute atomic E-state index is 0.0379. The van der Waals surface area contributed by atoms with Crippen LogP contribution in [0.5, 0.6) is 0 Å². The van der Waals surface area contributed by atoms with Crippen molar-refractivity contribution in [1.29, 1.82) is 0 Å². The summed E-state index contributed by atoms with van der Waals surface area (Å²) in [6, 6.07) is 6.04. The Hall–Kier alpha value is -1.21. The maximum absolute atomic E-state index is 12.1. The molecule has 0 aromatic heterocycles. The summed E-state index contributed by atoms with van der Waals surface area (Å²) in [7, 11) is -3.26. The minimum Gasteiger partial charge on any atom is -0.409 e. The molecule has 7 heteroatoms. The molecule has 0 saturated carbocycles. The van der Waals surface area contributed by atoms with Crippen LogP contribution in [0.15, 0.2) is 34.3 Å². The Bertz CT molecular complexity index is 539. The van der Waals surface area contributed by atoms with Gasteiger partial charge in [-0.1, -0.05) is 18.5 Å². The molecule has 0 saturated heterocycles. The molecule has 0 aliphatic carbocycles. The largest absolute Gasteiger partial charge is 0.409 e. The third-order valence-corrected chi connectivity index (χ3v) is 5.82. The fourth-order valence-corrected chi connectivity index (χ4v) is 4.36. The van der Waals surface area contributed by atoms with Crippen LogP contribution in [-0.4, -0.2) is 36.7 Å². The predicted octanol–water partition coefficient (Wildman–Crippen LogP) is 2.09. The first kappa shape index (κ1) is 16.8. The number of sulfone groups is 1. The maximum atomic E-state index is 12.1. The van der Waals surface area contributed by atoms with E-state index in [1.54, 1.807) is 11.8 Å². The highest BCUT2D eigenvalue weighted by atomic mass is 32.2. The second kappa shape index (κ2) is 8.16. The monoisotopic (exact) mass is 316 g/mol. The number of benzene rings is 1. The Labute approximate surface area is 124 Å². The second-order valence-electron chi connectivity index (χ2n) is 4.29. The van der Waals surface area contributed by atoms with E-state index in [4.69, 9.17) is 10.9 Å². The SMILES string of the molecule is CCCCSCCS(=O)(=O)c1ccc(/C(N)=N/O)cc1. The summed E-state index contributed by atoms with van der Waals surface area (Å²) in [4.78, 5) is 0.267. The number of amidine groups is 1. The topological polar surface area (TPSA) is 92.8 Å². The van der Waals surface area contributed by atoms with E-state index in [-0.39, 0.29) is 16.5 Å². The molecule has 20 heavy (non-hydrogen) atoms. The molecule has 0 bridgehead atoms. The maximum Gasteiger partial charge on any atom is 0.179 e. The Kier molecular flexibility index (Phi) is 6.87. The fraction of sp³-hybridized carbons (Fsp3) is 0.462. The van der Waals surface area contributed by atoms with Gasteiger partial charge in [-0.05, 0) is 36.4 Å². The number of thioether (sulfide) groups is 1. The van der Waals surface area contributed by atoms with Crippen LogP contribution < -0.4 is 5.73 Å². The van der Waals surface area contributed by atoms with E-state index in [1.165, 1.54) is 24.3 Å². The number of rotatable bonds is 8. The van der Waals surface area contributed by atoms with E-state index >= 15 is 0 Å². The summed E-state index contributed by atoms with van der Waals surface area (Å²) in [6.07, 6.45) is 2.23. The second-order valence-corrected chi connectivity index (χ2v) is 7.63. The molecular weight excluding hydrogens is 296 g/mol. The Morgan fingerprint density at radius 2 is 1.95 bits per heavy atom. The molecule has 112 valence electrons. The Morgan fingerprint density at radius 3 is 2.50 bits per heavy atom. The highest BCUT2D eigenvalue weighted by Gasteiger charge is 2.14. The summed E-state index contributed by atoms with van der Waals surface area (Å²) >= 11 is 1.66. The van der Waals surface area contributed by atoms with Gasteiger partial charge < -0.3 is 10.9 Å². The summed E-state index contributed by atoms with van der Waals surface area (Å²) in [5.74, 6) is 1.69. The average Bonchev–Trinajstić information content (AvgIpc) is 2.46. The van der Waals surface area contributed by atoms with E-state index < -0.39 is 9.84 Å². The van der Waals surface area contributed by atoms with Crippen molar-refractivity contribution in [2.75, 3.05) is 17.3 Å². The zero-order valence-corrected chi connectivity index (χ0v) is 13.1. The molecule has 0 unspecified atom stereocenters. The van der Waals surface area contributed by atoms with Crippen LogP contribution in [0.25, 0.3) is 0 Å². The van der Waals surface area contributed by atoms with Crippen LogP contribution in [0.4, 0.5) is 0 Å². The summed E-state index contributed by atoms with van der Waals surface area (Å²) in [5, 5.41) is 11.4. The smallest absolute Gasteiger partial charge is 0.179 e. The fourth-order valence-electron chi connectivity index (χ4n) is 1.53. The standard InChI is InChI=1S/C13H20N2O3S2/c1-2-3-8-19-9-10-20(17,18)12-6-4-11(5-7-12)13(14)15-16/h4-7,16H,2-3,8-10H2,1H3,(H2,14,15). The average molecular weight is 316 g/mol. The molecule has 1 aromatic rings. The van der Waals surface area contributed by atoms with Crippen molar-refractivity contribution in [3.8, 4) is 0 Å². The van der Waals surface area contributed by atoms with E-state index in [0.29, 0.717) is 11.3 Å². The van der Waals surface area contributed by atoms with Gasteiger partial charge in [0.15, 0.2) is 15.7 Å². The van der Waals surface area contributed by atoms with Crippen LogP contribution in [0, 0.1) is 0 Å². The van der Waals surface area contributed by atoms with Gasteiger partial charge in [0.25, 0.3) is 0 Å². The summed E-state index contributed by atoms with van der Waals surface area (Å²) in [6.45, 7) is 2.11. The lowest BCUT2D eigenvalue weighted by atomic mass is 10.2. The summed E-state index contributed by atoms with van der Waals surface area (Å²) in [5.41, 5.74) is 5.92. The molecule has 0 aliphatic rings. The molecule has 5 nitrogen and oxygen atoms in total. The first-order valence-electron chi connectivity index (χ1n) is 6.39. The Balaban J connectivity index is 2.64. The van der Waals surface area contributed by atoms with Gasteiger partial charge in [0.2, 0.25) is 0 Å². The molecule has 0 fully saturated rings. The molecule has 1 rings (SSSR count). The van der Waals surface area contributed by atoms with Crippen molar-refractivity contribution in [2.24, 2.45) is 10.9 Å². The zero-order valence-electron chi connectivity index (χ0n) is 11.4. The van der Waals surface area contributed by atoms with Gasteiger partial charge in [-0.25, -0.2) is 8.42 Å². The minimum atomic E-state index is -3.26. The lowest BCUT2D eigenvalue weighted by molar-refractivity contribution is 0.318. The molecule has 0 heterocycles. The van der Waals surface area contributed by atoms with Gasteiger partial charge in [-0.15, -0.1) is 0 Å². The number of nitrogens with zero attached hydrogens (tertiary/aromatic N) is 1. The van der Waals surface area contributed by atoms with Crippen LogP contribution in [0.1, 0.15) is 25.3 Å². The Morgan fingerprint density at radius 1 is 1.30 bits per heavy atom. The van der Waals surface area contributed by atoms with Crippen LogP contribution in [0.2, 0.25) is 0 Å². The van der Waals surface area contributed by atoms with Crippen molar-refractivity contribution in [1.82, 2.24) is 0 Å². The molecule has 0 amide bonds. The molecule has 3 N–H and O–H groups in total. The van der Waals surface area contributed by atoms with Gasteiger partial charge in [-0.2, -0.15) is 11.8 Å². The molecule has 0 radical (unpaired) electrons. The molecule has 0 atom stereocenters. The predicted molar refractivity (Wildman–Crippen MR) is 83.2 cm³/mol. The van der Waals surface area contributed by atoms with Gasteiger partial charge >= 0.3 is 0 Å². The number of hydrogen-bond donors (Lipinski definition) is 2. The lowest BCUT2D eigenvalue weighted by Gasteiger charge is -2.05. The van der Waals surface area contributed by atoms with Gasteiger partial charge in [0.1, 0.15) is 0 Å². The van der Waals surface area contributed by atoms with E-state index in [1.807, 2.05) is 0 Å². The highest BCUT2D eigenvalue weighted by molar-refractivity contribution is 8.00. The van der Waals surface area contributed by atoms with Gasteiger partial charge in [0.05, 0.1) is 10.6 Å². The zero-order chi connectivity index (χ0) is 15.0. The first-order chi connectivity index (χ1) is 9.51. The first-order valence-corrected chi connectivity index (χ1v) is 9.20. The third-order valence-electron chi connectivity index (χ3n) is 2.76. The summed E-state index contributed by atoms with van der Waals surface area (Å²) < 4.78 is 24.2. The third kappa shape index (κ3) is 5.05. The van der Waals surface area contributed by atoms with Crippen molar-refractivity contribution >= 4 is 27.4 Å². The number of oxime groups is 1. The molecular formula is C13H20N2O3S2. The van der Waals surface area contributed by atoms with Crippen molar-refractivity contribution < 1.29 is 13.6 Å². The van der Waals surface area contributed by atoms with Gasteiger partial charge in [-0.3, -0.25) is 0 Å². The van der Waals surface area contributed by atoms with Crippen LogP contribution >= 0.6 is 11.8 Å². The number of unbranched alkanes of at least 4 members (excludes halogenated alkanes) is 1. The highest BCUT2D eigenvalue weighted by Crippen LogP contribution is 2.15. The lowest BCUT2D eigenvalue weighted by Crippen LogP contribution is -2.14. The normalized spacial score (nSPS) is 12.6. The van der Waals surface area contributed by atoms with Crippen molar-refractivity contribution in [2.45, 2.75) is 24.7 Å². The molecule has 0 aliphatic heterocycles. The van der Waals surface area contributed by atoms with E-state index in [0.717, 1.165) is 18.6 Å². The molecule has 0 spiro atoms. The van der Waals surface area contributed by atoms with E-state index in [2.05, 4.69) is 12.1 Å². The van der Waals surface area contributed by atoms with Gasteiger partial charge in [0, 0.05) is 11.3 Å². The van der Waals surface area contributed by atoms with E-state index in [9.17, 15) is 8.42 Å². The number of hydrogen-bond acceptors (Lipinski definition) is 5. The molecule has 1 aromatic carbocycles. The quantitative estimate of drug-likeness (QED) is 0.252. The number of nitrogens with two attached hydrogens (primary N) is 1. The van der Waals surface area contributed by atoms with Crippen LogP contribution in [-0.2, 0) is 9.84 Å². The van der Waals surface area contributed by atoms with Crippen molar-refractivity contribution in [3.05, 3.63) is 29.8 Å². The van der Waals surface area contributed by atoms with Crippen LogP contribution in [0.3, 0.4) is 0 Å².